The molecule has 0 bridgehead atoms. The molecule has 0 radical (unpaired) electrons. The van der Waals surface area contributed by atoms with E-state index in [2.05, 4.69) is 47.5 Å². The molecule has 0 spiro atoms. The maximum atomic E-state index is 13.5. The lowest BCUT2D eigenvalue weighted by Gasteiger charge is -2.28. The molecule has 1 saturated carbocycles. The third kappa shape index (κ3) is 8.49. The molecular formula is C35H52N4O6S. The Balaban J connectivity index is 1.46. The predicted octanol–water partition coefficient (Wildman–Crippen LogP) is 5.33. The largest absolute Gasteiger partial charge is 0.483 e. The maximum absolute atomic E-state index is 13.5. The quantitative estimate of drug-likeness (QED) is 0.159. The van der Waals surface area contributed by atoms with E-state index in [4.69, 9.17) is 14.6 Å². The molecule has 11 heteroatoms. The van der Waals surface area contributed by atoms with Crippen LogP contribution in [0, 0.1) is 6.92 Å². The predicted molar refractivity (Wildman–Crippen MR) is 183 cm³/mol. The van der Waals surface area contributed by atoms with Gasteiger partial charge in [0.1, 0.15) is 12.5 Å². The standard InChI is InChI=1S/C35H52N4O6S/c1-25(2)38(18-20-44-21-19-39(26(3)4)46(42,43)36-24-40)33(41)23-45-32-15-11-10-14-30(32)35-34(28-12-8-7-9-13-28)29-17-16-27(5)22-31(29)37(35)6/h10-11,14-17,22,25-26,28,36,40H,7-9,12-13,18-21,23-24H2,1-6H3. The topological polar surface area (TPSA) is 113 Å². The molecule has 1 aliphatic rings. The number of ether oxygens (including phenoxy) is 2. The van der Waals surface area contributed by atoms with E-state index in [0.717, 1.165) is 11.3 Å². The Kier molecular flexibility index (Phi) is 12.7. The van der Waals surface area contributed by atoms with Crippen molar-refractivity contribution < 1.29 is 27.8 Å². The Bertz CT molecular complexity index is 1560. The van der Waals surface area contributed by atoms with Gasteiger partial charge in [0.2, 0.25) is 0 Å². The molecule has 1 fully saturated rings. The number of benzene rings is 2. The van der Waals surface area contributed by atoms with Crippen molar-refractivity contribution in [1.82, 2.24) is 18.5 Å². The summed E-state index contributed by atoms with van der Waals surface area (Å²) >= 11 is 0. The maximum Gasteiger partial charge on any atom is 0.281 e. The average molecular weight is 657 g/mol. The fraction of sp³-hybridized carbons (Fsp3) is 0.571. The van der Waals surface area contributed by atoms with E-state index in [1.807, 2.05) is 32.0 Å². The minimum atomic E-state index is -3.81. The number of fused-ring (bicyclic) bond motifs is 1. The van der Waals surface area contributed by atoms with E-state index in [-0.39, 0.29) is 44.4 Å². The van der Waals surface area contributed by atoms with Crippen molar-refractivity contribution in [2.45, 2.75) is 84.7 Å². The van der Waals surface area contributed by atoms with Crippen molar-refractivity contribution in [3.05, 3.63) is 53.6 Å². The van der Waals surface area contributed by atoms with Gasteiger partial charge in [0, 0.05) is 48.7 Å². The normalized spacial score (nSPS) is 14.6. The summed E-state index contributed by atoms with van der Waals surface area (Å²) in [5, 5.41) is 10.3. The van der Waals surface area contributed by atoms with Gasteiger partial charge in [0.05, 0.1) is 18.9 Å². The van der Waals surface area contributed by atoms with Crippen LogP contribution in [0.1, 0.15) is 76.8 Å². The van der Waals surface area contributed by atoms with Gasteiger partial charge in [-0.15, -0.1) is 0 Å². The van der Waals surface area contributed by atoms with Gasteiger partial charge in [-0.25, -0.2) is 0 Å². The fourth-order valence-electron chi connectivity index (χ4n) is 6.63. The SMILES string of the molecule is Cc1ccc2c(C3CCCCC3)c(-c3ccccc3OCC(=O)N(CCOCCN(C(C)C)S(=O)(=O)NCO)C(C)C)n(C)c2c1. The summed E-state index contributed by atoms with van der Waals surface area (Å²) in [5.41, 5.74) is 5.98. The van der Waals surface area contributed by atoms with Gasteiger partial charge in [0.15, 0.2) is 6.61 Å². The van der Waals surface area contributed by atoms with Crippen LogP contribution in [0.15, 0.2) is 42.5 Å². The molecule has 1 heterocycles. The molecule has 0 atom stereocenters. The Morgan fingerprint density at radius 2 is 1.72 bits per heavy atom. The summed E-state index contributed by atoms with van der Waals surface area (Å²) in [7, 11) is -1.68. The van der Waals surface area contributed by atoms with Crippen LogP contribution in [-0.2, 0) is 26.8 Å². The highest BCUT2D eigenvalue weighted by Gasteiger charge is 2.28. The molecule has 1 amide bonds. The number of nitrogens with one attached hydrogen (secondary N) is 1. The first-order valence-corrected chi connectivity index (χ1v) is 18.0. The highest BCUT2D eigenvalue weighted by Crippen LogP contribution is 2.45. The molecule has 2 aromatic carbocycles. The van der Waals surface area contributed by atoms with Crippen molar-refractivity contribution >= 4 is 27.0 Å². The number of aliphatic hydroxyl groups excluding tert-OH is 1. The second-order valence-electron chi connectivity index (χ2n) is 12.8. The lowest BCUT2D eigenvalue weighted by Crippen LogP contribution is -2.46. The van der Waals surface area contributed by atoms with Gasteiger partial charge < -0.3 is 24.0 Å². The molecular weight excluding hydrogens is 604 g/mol. The number of amides is 1. The molecule has 0 aliphatic heterocycles. The number of aryl methyl sites for hydroxylation is 2. The van der Waals surface area contributed by atoms with Crippen LogP contribution in [0.2, 0.25) is 0 Å². The Morgan fingerprint density at radius 1 is 1.02 bits per heavy atom. The van der Waals surface area contributed by atoms with Crippen LogP contribution in [0.4, 0.5) is 0 Å². The number of carbonyl (C=O) groups excluding carboxylic acids is 1. The first-order valence-electron chi connectivity index (χ1n) is 16.5. The van der Waals surface area contributed by atoms with Gasteiger partial charge in [-0.2, -0.15) is 17.4 Å². The Hall–Kier alpha value is -2.96. The fourth-order valence-corrected chi connectivity index (χ4v) is 7.83. The van der Waals surface area contributed by atoms with Crippen molar-refractivity contribution in [3.63, 3.8) is 0 Å². The van der Waals surface area contributed by atoms with E-state index >= 15 is 0 Å². The molecule has 0 unspecified atom stereocenters. The number of para-hydroxylation sites is 1. The van der Waals surface area contributed by atoms with E-state index < -0.39 is 16.9 Å². The van der Waals surface area contributed by atoms with Gasteiger partial charge in [-0.3, -0.25) is 4.79 Å². The highest BCUT2D eigenvalue weighted by atomic mass is 32.2. The van der Waals surface area contributed by atoms with Crippen molar-refractivity contribution in [1.29, 1.82) is 0 Å². The number of hydrogen-bond acceptors (Lipinski definition) is 6. The third-order valence-corrected chi connectivity index (χ3v) is 10.6. The smallest absolute Gasteiger partial charge is 0.281 e. The van der Waals surface area contributed by atoms with Gasteiger partial charge in [-0.1, -0.05) is 43.5 Å². The summed E-state index contributed by atoms with van der Waals surface area (Å²) in [6.07, 6.45) is 6.12. The zero-order valence-electron chi connectivity index (χ0n) is 28.3. The van der Waals surface area contributed by atoms with Crippen molar-refractivity contribution in [2.24, 2.45) is 7.05 Å². The zero-order chi connectivity index (χ0) is 33.4. The summed E-state index contributed by atoms with van der Waals surface area (Å²) in [5.74, 6) is 1.02. The summed E-state index contributed by atoms with van der Waals surface area (Å²) < 4.78 is 42.3. The second kappa shape index (κ2) is 16.2. The van der Waals surface area contributed by atoms with Gasteiger partial charge in [-0.05, 0) is 82.7 Å². The van der Waals surface area contributed by atoms with Crippen LogP contribution >= 0.6 is 0 Å². The zero-order valence-corrected chi connectivity index (χ0v) is 29.1. The minimum absolute atomic E-state index is 0.0736. The molecule has 2 N–H and O–H groups in total. The molecule has 46 heavy (non-hydrogen) atoms. The summed E-state index contributed by atoms with van der Waals surface area (Å²) in [4.78, 5) is 15.2. The van der Waals surface area contributed by atoms with Crippen LogP contribution in [-0.4, -0.2) is 84.9 Å². The van der Waals surface area contributed by atoms with Gasteiger partial charge in [0.25, 0.3) is 16.1 Å². The number of aromatic nitrogens is 1. The van der Waals surface area contributed by atoms with Crippen molar-refractivity contribution in [2.75, 3.05) is 39.6 Å². The minimum Gasteiger partial charge on any atom is -0.483 e. The average Bonchev–Trinajstić information content (AvgIpc) is 3.30. The van der Waals surface area contributed by atoms with E-state index in [1.165, 1.54) is 58.4 Å². The van der Waals surface area contributed by atoms with Crippen LogP contribution in [0.3, 0.4) is 0 Å². The number of hydrogen-bond donors (Lipinski definition) is 2. The van der Waals surface area contributed by atoms with E-state index in [0.29, 0.717) is 18.2 Å². The number of aliphatic hydroxyl groups is 1. The summed E-state index contributed by atoms with van der Waals surface area (Å²) in [6, 6.07) is 14.3. The molecule has 1 aliphatic carbocycles. The molecule has 0 saturated heterocycles. The van der Waals surface area contributed by atoms with Gasteiger partial charge >= 0.3 is 0 Å². The molecule has 10 nitrogen and oxygen atoms in total. The first-order chi connectivity index (χ1) is 22.0. The first kappa shape index (κ1) is 35.9. The highest BCUT2D eigenvalue weighted by molar-refractivity contribution is 7.87. The third-order valence-electron chi connectivity index (χ3n) is 8.91. The number of carbonyl (C=O) groups is 1. The summed E-state index contributed by atoms with van der Waals surface area (Å²) in [6.45, 7) is 9.64. The lowest BCUT2D eigenvalue weighted by atomic mass is 9.81. The number of nitrogens with zero attached hydrogens (tertiary/aromatic N) is 3. The van der Waals surface area contributed by atoms with Crippen LogP contribution in [0.25, 0.3) is 22.2 Å². The van der Waals surface area contributed by atoms with E-state index in [9.17, 15) is 13.2 Å². The Labute approximate surface area is 274 Å². The second-order valence-corrected chi connectivity index (χ2v) is 14.5. The number of rotatable bonds is 16. The molecule has 254 valence electrons. The Morgan fingerprint density at radius 3 is 2.39 bits per heavy atom. The molecule has 1 aromatic heterocycles. The van der Waals surface area contributed by atoms with Crippen molar-refractivity contribution in [3.8, 4) is 17.0 Å². The lowest BCUT2D eigenvalue weighted by molar-refractivity contribution is -0.135. The molecule has 4 rings (SSSR count). The van der Waals surface area contributed by atoms with E-state index in [1.54, 1.807) is 18.7 Å². The van der Waals surface area contributed by atoms with Crippen LogP contribution in [0.5, 0.6) is 5.75 Å². The molecule has 3 aromatic rings. The monoisotopic (exact) mass is 656 g/mol. The van der Waals surface area contributed by atoms with Crippen LogP contribution < -0.4 is 9.46 Å².